The zero-order valence-corrected chi connectivity index (χ0v) is 40.5. The molecule has 3 heterocycles. The van der Waals surface area contributed by atoms with Crippen LogP contribution in [0.15, 0.2) is 11.6 Å². The minimum Gasteiger partial charge on any atom is -0.467 e. The minimum atomic E-state index is -1.89. The molecule has 66 heavy (non-hydrogen) atoms. The lowest BCUT2D eigenvalue weighted by molar-refractivity contribution is -0.395. The van der Waals surface area contributed by atoms with Gasteiger partial charge in [0.15, 0.2) is 25.0 Å². The highest BCUT2D eigenvalue weighted by molar-refractivity contribution is 5.75. The van der Waals surface area contributed by atoms with Gasteiger partial charge in [-0.3, -0.25) is 0 Å². The van der Waals surface area contributed by atoms with E-state index in [1.807, 2.05) is 0 Å². The van der Waals surface area contributed by atoms with Gasteiger partial charge in [-0.15, -0.1) is 0 Å². The van der Waals surface area contributed by atoms with Gasteiger partial charge in [-0.25, -0.2) is 4.79 Å². The fraction of sp³-hybridized carbons (Fsp3) is 0.939. The van der Waals surface area contributed by atoms with Crippen LogP contribution in [0.25, 0.3) is 0 Å². The number of methoxy groups -OCH3 is 1. The van der Waals surface area contributed by atoms with Crippen LogP contribution in [0.4, 0.5) is 0 Å². The first-order valence-electron chi connectivity index (χ1n) is 24.5. The Morgan fingerprint density at radius 3 is 1.95 bits per heavy atom. The van der Waals surface area contributed by atoms with Crippen molar-refractivity contribution < 1.29 is 83.9 Å². The molecule has 8 rings (SSSR count). The van der Waals surface area contributed by atoms with Gasteiger partial charge in [0.1, 0.15) is 61.0 Å². The maximum atomic E-state index is 13.0. The van der Waals surface area contributed by atoms with E-state index in [4.69, 9.17) is 33.2 Å². The molecule has 0 aromatic rings. The van der Waals surface area contributed by atoms with Crippen molar-refractivity contribution in [3.63, 3.8) is 0 Å². The maximum Gasteiger partial charge on any atom is 0.337 e. The highest BCUT2D eigenvalue weighted by Gasteiger charge is 2.69. The topological polar surface area (TPSA) is 264 Å². The Balaban J connectivity index is 1.07. The molecule has 0 spiro atoms. The molecule has 0 radical (unpaired) electrons. The molecule has 0 bridgehead atoms. The van der Waals surface area contributed by atoms with Gasteiger partial charge >= 0.3 is 5.97 Å². The second-order valence-corrected chi connectivity index (χ2v) is 23.9. The molecule has 0 aromatic carbocycles. The highest BCUT2D eigenvalue weighted by atomic mass is 16.8. The van der Waals surface area contributed by atoms with Crippen molar-refractivity contribution in [2.45, 2.75) is 224 Å². The predicted molar refractivity (Wildman–Crippen MR) is 234 cm³/mol. The summed E-state index contributed by atoms with van der Waals surface area (Å²) in [6.07, 6.45) is -14.9. The lowest BCUT2D eigenvalue weighted by Crippen LogP contribution is -2.68. The quantitative estimate of drug-likeness (QED) is 0.0955. The molecule has 3 saturated heterocycles. The van der Waals surface area contributed by atoms with Crippen molar-refractivity contribution >= 4 is 5.97 Å². The van der Waals surface area contributed by atoms with E-state index in [9.17, 15) is 50.8 Å². The molecular weight excluding hydrogens is 861 g/mol. The average molecular weight is 941 g/mol. The molecule has 8 aliphatic rings. The first-order chi connectivity index (χ1) is 30.7. The van der Waals surface area contributed by atoms with Crippen LogP contribution in [0.3, 0.4) is 0 Å². The van der Waals surface area contributed by atoms with Crippen LogP contribution in [0.1, 0.15) is 120 Å². The van der Waals surface area contributed by atoms with Crippen LogP contribution in [0.2, 0.25) is 0 Å². The Morgan fingerprint density at radius 2 is 1.30 bits per heavy atom. The van der Waals surface area contributed by atoms with Crippen molar-refractivity contribution in [2.24, 2.45) is 50.2 Å². The van der Waals surface area contributed by atoms with E-state index in [-0.39, 0.29) is 39.1 Å². The molecule has 9 N–H and O–H groups in total. The molecule has 0 unspecified atom stereocenters. The Kier molecular flexibility index (Phi) is 13.7. The van der Waals surface area contributed by atoms with E-state index >= 15 is 0 Å². The van der Waals surface area contributed by atoms with Crippen LogP contribution >= 0.6 is 0 Å². The standard InChI is InChI=1S/C49H80O17/c1-22-30(52)32(54)36(58)41(61-22)65-38-33(55)31(53)25(21-50)62-42(38)66-39-35(57)34(56)37(40(59)60-10)64-43(39)63-29-14-15-47(7)26(45(29,4)5)13-16-49(9)27(47)12-11-23-24-19-44(2,3)20-28(51)46(24,6)17-18-48(23,49)8/h11,22,24-39,41-43,50-58H,12-21H2,1-10H3/t22-,24+,25-,26+,27-,28-,29+,30+,31+,32-,33+,34+,35+,36-,37+,38-,39-,41+,42+,43-,46-,47+,48-,49-/m1/s1. The molecule has 4 saturated carbocycles. The number of hydrogen-bond donors (Lipinski definition) is 9. The number of allylic oxidation sites excluding steroid dienone is 2. The molecule has 5 aliphatic carbocycles. The van der Waals surface area contributed by atoms with Crippen molar-refractivity contribution in [1.82, 2.24) is 0 Å². The van der Waals surface area contributed by atoms with Crippen molar-refractivity contribution in [3.05, 3.63) is 11.6 Å². The fourth-order valence-electron chi connectivity index (χ4n) is 15.2. The smallest absolute Gasteiger partial charge is 0.337 e. The van der Waals surface area contributed by atoms with Crippen LogP contribution < -0.4 is 0 Å². The number of ether oxygens (including phenoxy) is 7. The first kappa shape index (κ1) is 51.0. The van der Waals surface area contributed by atoms with Gasteiger partial charge < -0.3 is 79.1 Å². The number of carbonyl (C=O) groups is 1. The maximum absolute atomic E-state index is 13.0. The highest BCUT2D eigenvalue weighted by Crippen LogP contribution is 2.76. The SMILES string of the molecule is COC(=O)[C@H]1O[C@@H](O[C@H]2CC[C@]3(C)[C@H]4CC=C5[C@@H]6CC(C)(C)C[C@@H](O)[C@]6(C)CC[C@@]5(C)[C@]4(C)CC[C@H]3C2(C)C)[C@H](O[C@@H]2O[C@H](CO)[C@H](O)[C@H](O)[C@H]2O[C@@H]2O[C@H](C)[C@H](O)[C@@H](O)[C@H]2O)[C@@H](O)[C@@H]1O. The summed E-state index contributed by atoms with van der Waals surface area (Å²) in [5.41, 5.74) is 0.860. The summed E-state index contributed by atoms with van der Waals surface area (Å²) in [7, 11) is 1.12. The average Bonchev–Trinajstić information content (AvgIpc) is 3.25. The third kappa shape index (κ3) is 7.88. The number of fused-ring (bicyclic) bond motifs is 7. The van der Waals surface area contributed by atoms with E-state index in [0.29, 0.717) is 18.3 Å². The zero-order chi connectivity index (χ0) is 48.4. The van der Waals surface area contributed by atoms with Gasteiger partial charge in [0, 0.05) is 5.41 Å². The molecule has 24 atom stereocenters. The van der Waals surface area contributed by atoms with E-state index in [1.165, 1.54) is 6.92 Å². The number of carbonyl (C=O) groups excluding carboxylic acids is 1. The number of aliphatic hydroxyl groups is 9. The lowest BCUT2D eigenvalue weighted by atomic mass is 9.33. The summed E-state index contributed by atoms with van der Waals surface area (Å²) in [5.74, 6) is -0.0877. The second kappa shape index (κ2) is 17.7. The molecule has 0 aromatic heterocycles. The first-order valence-corrected chi connectivity index (χ1v) is 24.5. The van der Waals surface area contributed by atoms with Crippen LogP contribution in [0.5, 0.6) is 0 Å². The Labute approximate surface area is 389 Å². The van der Waals surface area contributed by atoms with E-state index in [1.54, 1.807) is 5.57 Å². The molecule has 3 aliphatic heterocycles. The summed E-state index contributed by atoms with van der Waals surface area (Å²) in [4.78, 5) is 13.0. The van der Waals surface area contributed by atoms with Crippen molar-refractivity contribution in [2.75, 3.05) is 13.7 Å². The van der Waals surface area contributed by atoms with Crippen LogP contribution in [-0.2, 0) is 38.0 Å². The lowest BCUT2D eigenvalue weighted by Gasteiger charge is -2.71. The normalized spacial score (nSPS) is 54.4. The molecule has 17 heteroatoms. The Bertz CT molecular complexity index is 1810. The van der Waals surface area contributed by atoms with Gasteiger partial charge in [0.05, 0.1) is 32.0 Å². The van der Waals surface area contributed by atoms with Gasteiger partial charge in [0.25, 0.3) is 0 Å². The monoisotopic (exact) mass is 941 g/mol. The van der Waals surface area contributed by atoms with Crippen molar-refractivity contribution in [3.8, 4) is 0 Å². The minimum absolute atomic E-state index is 0.0111. The van der Waals surface area contributed by atoms with Gasteiger partial charge in [-0.05, 0) is 110 Å². The molecule has 378 valence electrons. The van der Waals surface area contributed by atoms with E-state index < -0.39 is 116 Å². The Hall–Kier alpha value is -1.39. The number of hydrogen-bond acceptors (Lipinski definition) is 17. The van der Waals surface area contributed by atoms with Gasteiger partial charge in [-0.1, -0.05) is 67.0 Å². The van der Waals surface area contributed by atoms with Crippen molar-refractivity contribution in [1.29, 1.82) is 0 Å². The number of rotatable bonds is 8. The van der Waals surface area contributed by atoms with Gasteiger partial charge in [-0.2, -0.15) is 0 Å². The van der Waals surface area contributed by atoms with Crippen LogP contribution in [-0.4, -0.2) is 170 Å². The molecular formula is C49H80O17. The second-order valence-electron chi connectivity index (χ2n) is 23.9. The Morgan fingerprint density at radius 1 is 0.667 bits per heavy atom. The molecule has 0 amide bonds. The molecule has 17 nitrogen and oxygen atoms in total. The van der Waals surface area contributed by atoms with E-state index in [0.717, 1.165) is 58.5 Å². The van der Waals surface area contributed by atoms with Crippen LogP contribution in [0, 0.1) is 50.2 Å². The number of aliphatic hydroxyl groups excluding tert-OH is 9. The zero-order valence-electron chi connectivity index (χ0n) is 40.5. The molecule has 7 fully saturated rings. The predicted octanol–water partition coefficient (Wildman–Crippen LogP) is 1.82. The summed E-state index contributed by atoms with van der Waals surface area (Å²) < 4.78 is 41.8. The summed E-state index contributed by atoms with van der Waals surface area (Å²) in [6, 6.07) is 0. The number of esters is 1. The summed E-state index contributed by atoms with van der Waals surface area (Å²) in [6.45, 7) is 19.4. The summed E-state index contributed by atoms with van der Waals surface area (Å²) in [5, 5.41) is 98.7. The van der Waals surface area contributed by atoms with E-state index in [2.05, 4.69) is 61.5 Å². The third-order valence-corrected chi connectivity index (χ3v) is 19.5. The largest absolute Gasteiger partial charge is 0.467 e. The third-order valence-electron chi connectivity index (χ3n) is 19.5. The fourth-order valence-corrected chi connectivity index (χ4v) is 15.2. The summed E-state index contributed by atoms with van der Waals surface area (Å²) >= 11 is 0. The van der Waals surface area contributed by atoms with Gasteiger partial charge in [0.2, 0.25) is 0 Å².